The second kappa shape index (κ2) is 5.57. The number of aromatic carboxylic acids is 1. The molecule has 8 heteroatoms. The Labute approximate surface area is 122 Å². The van der Waals surface area contributed by atoms with Gasteiger partial charge in [-0.3, -0.25) is 4.79 Å². The molecule has 5 nitrogen and oxygen atoms in total. The number of hydrogen-bond donors (Lipinski definition) is 2. The van der Waals surface area contributed by atoms with Gasteiger partial charge in [0.05, 0.1) is 11.3 Å². The molecule has 0 saturated carbocycles. The summed E-state index contributed by atoms with van der Waals surface area (Å²) in [6.45, 7) is 2.88. The highest BCUT2D eigenvalue weighted by Gasteiger charge is 2.21. The fourth-order valence-electron chi connectivity index (χ4n) is 1.71. The highest BCUT2D eigenvalue weighted by Crippen LogP contribution is 2.25. The Morgan fingerprint density at radius 3 is 2.52 bits per heavy atom. The van der Waals surface area contributed by atoms with Gasteiger partial charge in [-0.05, 0) is 37.0 Å². The summed E-state index contributed by atoms with van der Waals surface area (Å²) in [6.07, 6.45) is 0. The molecule has 0 aliphatic rings. The number of aryl methyl sites for hydroxylation is 2. The van der Waals surface area contributed by atoms with Crippen molar-refractivity contribution in [2.75, 3.05) is 5.32 Å². The van der Waals surface area contributed by atoms with E-state index in [9.17, 15) is 18.4 Å². The number of hydrogen-bond acceptors (Lipinski definition) is 4. The van der Waals surface area contributed by atoms with Gasteiger partial charge in [0.25, 0.3) is 5.91 Å². The van der Waals surface area contributed by atoms with Crippen molar-refractivity contribution in [3.63, 3.8) is 0 Å². The van der Waals surface area contributed by atoms with E-state index in [2.05, 4.69) is 9.69 Å². The maximum atomic E-state index is 13.6. The number of amides is 1. The van der Waals surface area contributed by atoms with Crippen LogP contribution in [0.1, 0.15) is 32.0 Å². The van der Waals surface area contributed by atoms with Crippen molar-refractivity contribution in [3.05, 3.63) is 46.2 Å². The molecule has 0 aliphatic carbocycles. The summed E-state index contributed by atoms with van der Waals surface area (Å²) in [5.74, 6) is -3.88. The molecule has 1 amide bonds. The zero-order valence-corrected chi connectivity index (χ0v) is 11.8. The molecule has 2 N–H and O–H groups in total. The van der Waals surface area contributed by atoms with Crippen LogP contribution in [-0.2, 0) is 0 Å². The summed E-state index contributed by atoms with van der Waals surface area (Å²) in [6, 6.07) is 1.68. The number of nitrogens with one attached hydrogen (secondary N) is 1. The van der Waals surface area contributed by atoms with Gasteiger partial charge in [-0.2, -0.15) is 4.37 Å². The lowest BCUT2D eigenvalue weighted by molar-refractivity contribution is 0.0697. The predicted molar refractivity (Wildman–Crippen MR) is 72.9 cm³/mol. The van der Waals surface area contributed by atoms with Gasteiger partial charge in [0.15, 0.2) is 0 Å². The Bertz CT molecular complexity index is 743. The number of aromatic nitrogens is 1. The topological polar surface area (TPSA) is 79.3 Å². The lowest BCUT2D eigenvalue weighted by Gasteiger charge is -2.06. The Morgan fingerprint density at radius 2 is 1.90 bits per heavy atom. The number of anilines is 1. The van der Waals surface area contributed by atoms with Crippen molar-refractivity contribution in [2.24, 2.45) is 0 Å². The summed E-state index contributed by atoms with van der Waals surface area (Å²) >= 11 is 0.781. The molecule has 0 unspecified atom stereocenters. The van der Waals surface area contributed by atoms with Crippen LogP contribution in [0.15, 0.2) is 12.1 Å². The van der Waals surface area contributed by atoms with Crippen molar-refractivity contribution in [2.45, 2.75) is 13.8 Å². The second-order valence-corrected chi connectivity index (χ2v) is 5.09. The average Bonchev–Trinajstić information content (AvgIpc) is 2.74. The smallest absolute Gasteiger partial charge is 0.340 e. The van der Waals surface area contributed by atoms with Gasteiger partial charge >= 0.3 is 5.97 Å². The van der Waals surface area contributed by atoms with Crippen molar-refractivity contribution in [3.8, 4) is 0 Å². The molecule has 2 aromatic rings. The minimum Gasteiger partial charge on any atom is -0.478 e. The van der Waals surface area contributed by atoms with Gasteiger partial charge in [-0.15, -0.1) is 0 Å². The molecule has 110 valence electrons. The molecule has 1 heterocycles. The third kappa shape index (κ3) is 2.89. The van der Waals surface area contributed by atoms with Crippen LogP contribution in [0.4, 0.5) is 13.8 Å². The largest absolute Gasteiger partial charge is 0.478 e. The number of rotatable bonds is 3. The number of halogens is 2. The van der Waals surface area contributed by atoms with Gasteiger partial charge in [0.1, 0.15) is 22.2 Å². The van der Waals surface area contributed by atoms with Crippen molar-refractivity contribution >= 4 is 28.4 Å². The zero-order chi connectivity index (χ0) is 15.7. The first-order valence-electron chi connectivity index (χ1n) is 5.77. The van der Waals surface area contributed by atoms with Crippen LogP contribution < -0.4 is 5.32 Å². The van der Waals surface area contributed by atoms with Gasteiger partial charge < -0.3 is 10.4 Å². The van der Waals surface area contributed by atoms with E-state index in [-0.39, 0.29) is 27.4 Å². The van der Waals surface area contributed by atoms with E-state index in [1.165, 1.54) is 13.8 Å². The first-order valence-corrected chi connectivity index (χ1v) is 6.55. The third-order valence-corrected chi connectivity index (χ3v) is 3.65. The van der Waals surface area contributed by atoms with Crippen LogP contribution in [0.5, 0.6) is 0 Å². The molecular weight excluding hydrogens is 302 g/mol. The predicted octanol–water partition coefficient (Wildman–Crippen LogP) is 2.99. The van der Waals surface area contributed by atoms with E-state index in [1.54, 1.807) is 0 Å². The highest BCUT2D eigenvalue weighted by atomic mass is 32.1. The molecule has 0 bridgehead atoms. The lowest BCUT2D eigenvalue weighted by atomic mass is 10.1. The van der Waals surface area contributed by atoms with Crippen LogP contribution in [0.2, 0.25) is 0 Å². The summed E-state index contributed by atoms with van der Waals surface area (Å²) < 4.78 is 30.6. The van der Waals surface area contributed by atoms with E-state index >= 15 is 0 Å². The Kier molecular flexibility index (Phi) is 3.99. The number of nitrogens with zero attached hydrogens (tertiary/aromatic N) is 1. The monoisotopic (exact) mass is 312 g/mol. The van der Waals surface area contributed by atoms with Crippen LogP contribution in [-0.4, -0.2) is 21.4 Å². The summed E-state index contributed by atoms with van der Waals surface area (Å²) in [7, 11) is 0. The fraction of sp³-hybridized carbons (Fsp3) is 0.154. The van der Waals surface area contributed by atoms with Gasteiger partial charge in [0, 0.05) is 6.07 Å². The zero-order valence-electron chi connectivity index (χ0n) is 11.0. The minimum atomic E-state index is -1.24. The summed E-state index contributed by atoms with van der Waals surface area (Å²) in [4.78, 5) is 23.1. The molecule has 0 atom stereocenters. The molecule has 0 radical (unpaired) electrons. The maximum Gasteiger partial charge on any atom is 0.340 e. The first-order chi connectivity index (χ1) is 9.81. The molecule has 21 heavy (non-hydrogen) atoms. The Balaban J connectivity index is 2.35. The standard InChI is InChI=1S/C13H10F2N2O3S/c1-5-3-7(9(15)4-8(5)14)11(18)16-12-10(13(19)20)6(2)17-21-12/h3-4H,1-2H3,(H,16,18)(H,19,20). The van der Waals surface area contributed by atoms with Gasteiger partial charge in [0.2, 0.25) is 0 Å². The third-order valence-electron chi connectivity index (χ3n) is 2.80. The molecule has 0 spiro atoms. The van der Waals surface area contributed by atoms with Crippen molar-refractivity contribution in [1.82, 2.24) is 4.37 Å². The van der Waals surface area contributed by atoms with Gasteiger partial charge in [-0.1, -0.05) is 0 Å². The molecule has 1 aromatic carbocycles. The van der Waals surface area contributed by atoms with Crippen LogP contribution in [0.25, 0.3) is 0 Å². The number of carbonyl (C=O) groups is 2. The molecule has 2 rings (SSSR count). The SMILES string of the molecule is Cc1cc(C(=O)Nc2snc(C)c2C(=O)O)c(F)cc1F. The molecule has 0 aliphatic heterocycles. The number of benzene rings is 1. The summed E-state index contributed by atoms with van der Waals surface area (Å²) in [5, 5.41) is 11.3. The Hall–Kier alpha value is -2.35. The second-order valence-electron chi connectivity index (χ2n) is 4.31. The van der Waals surface area contributed by atoms with E-state index < -0.39 is 23.5 Å². The maximum absolute atomic E-state index is 13.6. The van der Waals surface area contributed by atoms with Crippen molar-refractivity contribution in [1.29, 1.82) is 0 Å². The van der Waals surface area contributed by atoms with Crippen molar-refractivity contribution < 1.29 is 23.5 Å². The molecule has 1 aromatic heterocycles. The lowest BCUT2D eigenvalue weighted by Crippen LogP contribution is -2.15. The number of carboxylic acid groups (broad SMARTS) is 1. The van der Waals surface area contributed by atoms with E-state index in [0.29, 0.717) is 6.07 Å². The molecular formula is C13H10F2N2O3S. The average molecular weight is 312 g/mol. The fourth-order valence-corrected chi connectivity index (χ4v) is 2.49. The first kappa shape index (κ1) is 15.0. The number of carboxylic acids is 1. The van der Waals surface area contributed by atoms with Crippen LogP contribution in [0, 0.1) is 25.5 Å². The van der Waals surface area contributed by atoms with E-state index in [0.717, 1.165) is 17.6 Å². The molecule has 0 fully saturated rings. The quantitative estimate of drug-likeness (QED) is 0.913. The molecule has 0 saturated heterocycles. The minimum absolute atomic E-state index is 0.00591. The normalized spacial score (nSPS) is 10.5. The van der Waals surface area contributed by atoms with Gasteiger partial charge in [-0.25, -0.2) is 13.6 Å². The number of carbonyl (C=O) groups excluding carboxylic acids is 1. The van der Waals surface area contributed by atoms with E-state index in [4.69, 9.17) is 5.11 Å². The highest BCUT2D eigenvalue weighted by molar-refractivity contribution is 7.11. The van der Waals surface area contributed by atoms with E-state index in [1.807, 2.05) is 0 Å². The van der Waals surface area contributed by atoms with Crippen LogP contribution in [0.3, 0.4) is 0 Å². The van der Waals surface area contributed by atoms with Crippen LogP contribution >= 0.6 is 11.5 Å². The Morgan fingerprint density at radius 1 is 1.24 bits per heavy atom. The summed E-state index contributed by atoms with van der Waals surface area (Å²) in [5.41, 5.74) is -0.150.